The highest BCUT2D eigenvalue weighted by molar-refractivity contribution is 7.98. The van der Waals surface area contributed by atoms with Crippen molar-refractivity contribution in [3.8, 4) is 0 Å². The first kappa shape index (κ1) is 21.7. The Morgan fingerprint density at radius 3 is 2.56 bits per heavy atom. The lowest BCUT2D eigenvalue weighted by Gasteiger charge is -2.30. The van der Waals surface area contributed by atoms with Crippen molar-refractivity contribution in [2.75, 3.05) is 22.9 Å². The summed E-state index contributed by atoms with van der Waals surface area (Å²) in [6.07, 6.45) is 3.07. The molecule has 0 bridgehead atoms. The molecule has 2 rings (SSSR count). The second-order valence-corrected chi connectivity index (χ2v) is 9.28. The topological polar surface area (TPSA) is 79.6 Å². The van der Waals surface area contributed by atoms with Gasteiger partial charge in [-0.25, -0.2) is 8.42 Å². The van der Waals surface area contributed by atoms with Crippen molar-refractivity contribution in [3.05, 3.63) is 53.4 Å². The fraction of sp³-hybridized carbons (Fsp3) is 0.389. The van der Waals surface area contributed by atoms with Crippen LogP contribution in [-0.4, -0.2) is 38.9 Å². The van der Waals surface area contributed by atoms with Crippen LogP contribution in [0.5, 0.6) is 0 Å². The van der Waals surface area contributed by atoms with Gasteiger partial charge in [0, 0.05) is 17.3 Å². The standard InChI is InChI=1S/C18H23ClN2O4S2/c1-3-17(18(22)20-10-12-26-13-16-5-4-11-25-16)21(27(2,23)24)15-8-6-14(19)7-9-15/h4-9,11,17H,3,10,12-13H2,1-2H3,(H,20,22)/t17-/m0/s1. The normalized spacial score (nSPS) is 12.6. The maximum Gasteiger partial charge on any atom is 0.243 e. The molecular weight excluding hydrogens is 408 g/mol. The van der Waals surface area contributed by atoms with Crippen molar-refractivity contribution in [1.82, 2.24) is 5.32 Å². The highest BCUT2D eigenvalue weighted by Crippen LogP contribution is 2.24. The summed E-state index contributed by atoms with van der Waals surface area (Å²) in [7, 11) is -3.64. The van der Waals surface area contributed by atoms with E-state index >= 15 is 0 Å². The number of carbonyl (C=O) groups excluding carboxylic acids is 1. The monoisotopic (exact) mass is 430 g/mol. The first-order chi connectivity index (χ1) is 12.8. The molecule has 1 aromatic carbocycles. The van der Waals surface area contributed by atoms with E-state index in [2.05, 4.69) is 5.32 Å². The number of carbonyl (C=O) groups is 1. The number of hydrogen-bond donors (Lipinski definition) is 1. The van der Waals surface area contributed by atoms with Gasteiger partial charge in [-0.05, 0) is 42.8 Å². The number of nitrogens with one attached hydrogen (secondary N) is 1. The molecule has 1 aromatic heterocycles. The predicted octanol–water partition coefficient (Wildman–Crippen LogP) is 3.53. The van der Waals surface area contributed by atoms with Crippen LogP contribution in [0.4, 0.5) is 5.69 Å². The lowest BCUT2D eigenvalue weighted by Crippen LogP contribution is -2.49. The van der Waals surface area contributed by atoms with Crippen LogP contribution in [0.3, 0.4) is 0 Å². The Kier molecular flexibility index (Phi) is 8.07. The van der Waals surface area contributed by atoms with Crippen molar-refractivity contribution >= 4 is 45.0 Å². The molecule has 0 radical (unpaired) electrons. The minimum Gasteiger partial charge on any atom is -0.468 e. The SMILES string of the molecule is CC[C@@H](C(=O)NCCSCc1ccco1)N(c1ccc(Cl)cc1)S(C)(=O)=O. The predicted molar refractivity (Wildman–Crippen MR) is 111 cm³/mol. The molecule has 1 N–H and O–H groups in total. The number of furan rings is 1. The smallest absolute Gasteiger partial charge is 0.243 e. The first-order valence-electron chi connectivity index (χ1n) is 8.45. The van der Waals surface area contributed by atoms with Gasteiger partial charge in [-0.15, -0.1) is 0 Å². The van der Waals surface area contributed by atoms with Crippen molar-refractivity contribution in [2.45, 2.75) is 25.1 Å². The Bertz CT molecular complexity index is 824. The Morgan fingerprint density at radius 2 is 2.00 bits per heavy atom. The van der Waals surface area contributed by atoms with E-state index < -0.39 is 16.1 Å². The number of amides is 1. The van der Waals surface area contributed by atoms with Crippen molar-refractivity contribution in [2.24, 2.45) is 0 Å². The molecule has 0 saturated heterocycles. The number of halogens is 1. The summed E-state index contributed by atoms with van der Waals surface area (Å²) >= 11 is 7.51. The van der Waals surface area contributed by atoms with Crippen LogP contribution in [0.2, 0.25) is 5.02 Å². The van der Waals surface area contributed by atoms with E-state index in [4.69, 9.17) is 16.0 Å². The number of benzene rings is 1. The third-order valence-corrected chi connectivity index (χ3v) is 6.19. The molecule has 0 aliphatic rings. The second-order valence-electron chi connectivity index (χ2n) is 5.88. The van der Waals surface area contributed by atoms with Gasteiger partial charge in [0.2, 0.25) is 15.9 Å². The van der Waals surface area contributed by atoms with Gasteiger partial charge in [-0.1, -0.05) is 18.5 Å². The van der Waals surface area contributed by atoms with Crippen molar-refractivity contribution in [1.29, 1.82) is 0 Å². The average molecular weight is 431 g/mol. The van der Waals surface area contributed by atoms with Gasteiger partial charge in [0.25, 0.3) is 0 Å². The third-order valence-electron chi connectivity index (χ3n) is 3.78. The zero-order valence-electron chi connectivity index (χ0n) is 15.2. The molecule has 0 fully saturated rings. The fourth-order valence-electron chi connectivity index (χ4n) is 2.58. The number of rotatable bonds is 10. The summed E-state index contributed by atoms with van der Waals surface area (Å²) in [6, 6.07) is 9.30. The zero-order valence-corrected chi connectivity index (χ0v) is 17.6. The largest absolute Gasteiger partial charge is 0.468 e. The fourth-order valence-corrected chi connectivity index (χ4v) is 4.67. The van der Waals surface area contributed by atoms with E-state index in [9.17, 15) is 13.2 Å². The molecular formula is C18H23ClN2O4S2. The highest BCUT2D eigenvalue weighted by Gasteiger charge is 2.31. The molecule has 0 unspecified atom stereocenters. The number of sulfonamides is 1. The molecule has 6 nitrogen and oxygen atoms in total. The van der Waals surface area contributed by atoms with Crippen molar-refractivity contribution < 1.29 is 17.6 Å². The summed E-state index contributed by atoms with van der Waals surface area (Å²) in [5.74, 6) is 1.98. The maximum atomic E-state index is 12.6. The summed E-state index contributed by atoms with van der Waals surface area (Å²) in [5.41, 5.74) is 0.413. The molecule has 1 heterocycles. The zero-order chi connectivity index (χ0) is 19.9. The second kappa shape index (κ2) is 10.1. The van der Waals surface area contributed by atoms with Crippen LogP contribution in [0.15, 0.2) is 47.1 Å². The first-order valence-corrected chi connectivity index (χ1v) is 11.8. The molecule has 1 atom stereocenters. The van der Waals surface area contributed by atoms with Gasteiger partial charge in [0.05, 0.1) is 24.0 Å². The molecule has 148 valence electrons. The molecule has 2 aromatic rings. The number of nitrogens with zero attached hydrogens (tertiary/aromatic N) is 1. The average Bonchev–Trinajstić information content (AvgIpc) is 3.12. The van der Waals surface area contributed by atoms with E-state index in [1.807, 2.05) is 12.1 Å². The van der Waals surface area contributed by atoms with E-state index in [0.717, 1.165) is 22.1 Å². The van der Waals surface area contributed by atoms with Gasteiger partial charge in [-0.2, -0.15) is 11.8 Å². The van der Waals surface area contributed by atoms with E-state index in [-0.39, 0.29) is 5.91 Å². The molecule has 0 saturated carbocycles. The van der Waals surface area contributed by atoms with Gasteiger partial charge in [-0.3, -0.25) is 9.10 Å². The van der Waals surface area contributed by atoms with Gasteiger partial charge in [0.15, 0.2) is 0 Å². The molecule has 0 aliphatic carbocycles. The number of thioether (sulfide) groups is 1. The minimum atomic E-state index is -3.64. The van der Waals surface area contributed by atoms with Crippen LogP contribution in [0, 0.1) is 0 Å². The van der Waals surface area contributed by atoms with Crippen LogP contribution in [0.25, 0.3) is 0 Å². The summed E-state index contributed by atoms with van der Waals surface area (Å²) in [6.45, 7) is 2.23. The van der Waals surface area contributed by atoms with E-state index in [1.54, 1.807) is 49.2 Å². The Hall–Kier alpha value is -1.64. The van der Waals surface area contributed by atoms with Gasteiger partial charge >= 0.3 is 0 Å². The van der Waals surface area contributed by atoms with Crippen molar-refractivity contribution in [3.63, 3.8) is 0 Å². The van der Waals surface area contributed by atoms with Crippen LogP contribution < -0.4 is 9.62 Å². The molecule has 27 heavy (non-hydrogen) atoms. The van der Waals surface area contributed by atoms with E-state index in [1.165, 1.54) is 0 Å². The highest BCUT2D eigenvalue weighted by atomic mass is 35.5. The lowest BCUT2D eigenvalue weighted by molar-refractivity contribution is -0.122. The molecule has 9 heteroatoms. The van der Waals surface area contributed by atoms with Gasteiger partial charge < -0.3 is 9.73 Å². The number of anilines is 1. The molecule has 0 spiro atoms. The summed E-state index contributed by atoms with van der Waals surface area (Å²) in [5, 5.41) is 3.32. The molecule has 1 amide bonds. The van der Waals surface area contributed by atoms with E-state index in [0.29, 0.717) is 29.4 Å². The Morgan fingerprint density at radius 1 is 1.30 bits per heavy atom. The van der Waals surface area contributed by atoms with Crippen LogP contribution >= 0.6 is 23.4 Å². The number of hydrogen-bond acceptors (Lipinski definition) is 5. The quantitative estimate of drug-likeness (QED) is 0.583. The van der Waals surface area contributed by atoms with Gasteiger partial charge in [0.1, 0.15) is 11.8 Å². The minimum absolute atomic E-state index is 0.323. The van der Waals surface area contributed by atoms with Crippen LogP contribution in [0.1, 0.15) is 19.1 Å². The lowest BCUT2D eigenvalue weighted by atomic mass is 10.2. The van der Waals surface area contributed by atoms with Crippen LogP contribution in [-0.2, 0) is 20.6 Å². The third kappa shape index (κ3) is 6.48. The Labute approximate surface area is 169 Å². The summed E-state index contributed by atoms with van der Waals surface area (Å²) in [4.78, 5) is 12.6. The maximum absolute atomic E-state index is 12.6. The summed E-state index contributed by atoms with van der Waals surface area (Å²) < 4.78 is 31.1. The molecule has 0 aliphatic heterocycles. The Balaban J connectivity index is 1.98.